The Morgan fingerprint density at radius 1 is 1.24 bits per heavy atom. The average Bonchev–Trinajstić information content (AvgIpc) is 3.09. The maximum atomic E-state index is 5.91. The van der Waals surface area contributed by atoms with E-state index in [4.69, 9.17) is 4.74 Å². The van der Waals surface area contributed by atoms with Crippen LogP contribution in [0.2, 0.25) is 0 Å². The summed E-state index contributed by atoms with van der Waals surface area (Å²) in [6.07, 6.45) is 2.01. The number of pyridine rings is 1. The summed E-state index contributed by atoms with van der Waals surface area (Å²) in [7, 11) is 2.02. The third-order valence-corrected chi connectivity index (χ3v) is 4.82. The lowest BCUT2D eigenvalue weighted by Crippen LogP contribution is -2.53. The molecule has 3 aromatic heterocycles. The van der Waals surface area contributed by atoms with Crippen LogP contribution in [0.5, 0.6) is 0 Å². The van der Waals surface area contributed by atoms with E-state index in [-0.39, 0.29) is 11.6 Å². The Labute approximate surface area is 147 Å². The number of fused-ring (bicyclic) bond motifs is 1. The minimum Gasteiger partial charge on any atom is -0.372 e. The maximum Gasteiger partial charge on any atom is 0.227 e. The zero-order chi connectivity index (χ0) is 17.8. The van der Waals surface area contributed by atoms with Crippen molar-refractivity contribution in [3.8, 4) is 11.5 Å². The lowest BCUT2D eigenvalue weighted by atomic mass is 10.1. The topological polar surface area (TPSA) is 60.5 Å². The molecule has 0 amide bonds. The Morgan fingerprint density at radius 2 is 2.04 bits per heavy atom. The number of hydrogen-bond donors (Lipinski definition) is 0. The maximum absolute atomic E-state index is 5.91. The van der Waals surface area contributed by atoms with Crippen LogP contribution >= 0.6 is 0 Å². The molecule has 0 N–H and O–H groups in total. The highest BCUT2D eigenvalue weighted by Crippen LogP contribution is 2.29. The summed E-state index contributed by atoms with van der Waals surface area (Å²) in [4.78, 5) is 6.92. The van der Waals surface area contributed by atoms with Crippen molar-refractivity contribution in [2.75, 3.05) is 18.1 Å². The number of ether oxygens (including phenoxy) is 1. The normalized spacial score (nSPS) is 20.4. The van der Waals surface area contributed by atoms with Crippen LogP contribution in [0, 0.1) is 6.92 Å². The molecule has 132 valence electrons. The van der Waals surface area contributed by atoms with Crippen molar-refractivity contribution in [3.63, 3.8) is 0 Å². The molecule has 25 heavy (non-hydrogen) atoms. The number of aromatic nitrogens is 5. The number of hydrogen-bond acceptors (Lipinski definition) is 5. The first kappa shape index (κ1) is 16.1. The molecule has 1 saturated heterocycles. The summed E-state index contributed by atoms with van der Waals surface area (Å²) in [6.45, 7) is 9.85. The third kappa shape index (κ3) is 2.59. The minimum absolute atomic E-state index is 0.197. The monoisotopic (exact) mass is 340 g/mol. The van der Waals surface area contributed by atoms with Gasteiger partial charge in [0.15, 0.2) is 5.82 Å². The number of nitrogens with zero attached hydrogens (tertiary/aromatic N) is 6. The van der Waals surface area contributed by atoms with E-state index in [1.54, 1.807) is 0 Å². The van der Waals surface area contributed by atoms with E-state index in [2.05, 4.69) is 49.8 Å². The summed E-state index contributed by atoms with van der Waals surface area (Å²) in [5.74, 6) is 1.69. The van der Waals surface area contributed by atoms with Gasteiger partial charge in [0.25, 0.3) is 0 Å². The van der Waals surface area contributed by atoms with Gasteiger partial charge in [0, 0.05) is 19.8 Å². The van der Waals surface area contributed by atoms with Gasteiger partial charge in [-0.3, -0.25) is 8.97 Å². The zero-order valence-corrected chi connectivity index (χ0v) is 15.4. The van der Waals surface area contributed by atoms with Crippen molar-refractivity contribution in [2.24, 2.45) is 7.05 Å². The SMILES string of the molecule is Cc1nc2ccccn2c1-c1nnc(N2CC(C)(C)OC[C@@H]2C)n1C. The predicted octanol–water partition coefficient (Wildman–Crippen LogP) is 2.44. The molecule has 0 spiro atoms. The molecule has 1 aliphatic rings. The fourth-order valence-electron chi connectivity index (χ4n) is 3.48. The number of anilines is 1. The molecule has 3 aromatic rings. The molecular formula is C18H24N6O. The molecule has 0 aromatic carbocycles. The van der Waals surface area contributed by atoms with Crippen molar-refractivity contribution in [2.45, 2.75) is 39.3 Å². The highest BCUT2D eigenvalue weighted by Gasteiger charge is 2.34. The van der Waals surface area contributed by atoms with Crippen LogP contribution in [0.1, 0.15) is 26.5 Å². The van der Waals surface area contributed by atoms with E-state index in [1.807, 2.05) is 38.4 Å². The van der Waals surface area contributed by atoms with E-state index in [0.717, 1.165) is 35.4 Å². The van der Waals surface area contributed by atoms with Crippen LogP contribution in [0.3, 0.4) is 0 Å². The Morgan fingerprint density at radius 3 is 2.84 bits per heavy atom. The molecule has 0 saturated carbocycles. The van der Waals surface area contributed by atoms with E-state index >= 15 is 0 Å². The second-order valence-corrected chi connectivity index (χ2v) is 7.40. The van der Waals surface area contributed by atoms with Crippen molar-refractivity contribution < 1.29 is 4.74 Å². The standard InChI is InChI=1S/C18H24N6O/c1-12-10-25-18(3,4)11-24(12)17-21-20-16(22(17)5)15-13(2)19-14-8-6-7-9-23(14)15/h6-9,12H,10-11H2,1-5H3/t12-/m0/s1. The Hall–Kier alpha value is -2.41. The van der Waals surface area contributed by atoms with Gasteiger partial charge in [-0.05, 0) is 39.8 Å². The van der Waals surface area contributed by atoms with Gasteiger partial charge in [0.2, 0.25) is 5.95 Å². The van der Waals surface area contributed by atoms with Crippen LogP contribution < -0.4 is 4.90 Å². The minimum atomic E-state index is -0.197. The summed E-state index contributed by atoms with van der Waals surface area (Å²) >= 11 is 0. The van der Waals surface area contributed by atoms with Gasteiger partial charge < -0.3 is 9.64 Å². The molecule has 1 atom stereocenters. The van der Waals surface area contributed by atoms with Gasteiger partial charge in [-0.15, -0.1) is 10.2 Å². The van der Waals surface area contributed by atoms with Gasteiger partial charge in [-0.1, -0.05) is 6.07 Å². The van der Waals surface area contributed by atoms with Crippen LogP contribution in [0.15, 0.2) is 24.4 Å². The summed E-state index contributed by atoms with van der Waals surface area (Å²) < 4.78 is 10.0. The fraction of sp³-hybridized carbons (Fsp3) is 0.500. The van der Waals surface area contributed by atoms with Gasteiger partial charge in [-0.25, -0.2) is 4.98 Å². The lowest BCUT2D eigenvalue weighted by Gasteiger charge is -2.42. The number of rotatable bonds is 2. The summed E-state index contributed by atoms with van der Waals surface area (Å²) in [5, 5.41) is 9.00. The predicted molar refractivity (Wildman–Crippen MR) is 96.8 cm³/mol. The molecule has 0 bridgehead atoms. The van der Waals surface area contributed by atoms with Crippen molar-refractivity contribution in [3.05, 3.63) is 30.1 Å². The highest BCUT2D eigenvalue weighted by molar-refractivity contribution is 5.62. The molecule has 0 aliphatic carbocycles. The Bertz CT molecular complexity index is 925. The molecule has 0 radical (unpaired) electrons. The van der Waals surface area contributed by atoms with Gasteiger partial charge in [0.05, 0.1) is 23.9 Å². The van der Waals surface area contributed by atoms with E-state index < -0.39 is 0 Å². The molecular weight excluding hydrogens is 316 g/mol. The Balaban J connectivity index is 1.80. The fourth-order valence-corrected chi connectivity index (χ4v) is 3.48. The first-order valence-electron chi connectivity index (χ1n) is 8.61. The van der Waals surface area contributed by atoms with Gasteiger partial charge in [-0.2, -0.15) is 0 Å². The quantitative estimate of drug-likeness (QED) is 0.717. The lowest BCUT2D eigenvalue weighted by molar-refractivity contribution is -0.0427. The number of morpholine rings is 1. The van der Waals surface area contributed by atoms with Crippen LogP contribution in [-0.4, -0.2) is 48.9 Å². The Kier molecular flexibility index (Phi) is 3.57. The zero-order valence-electron chi connectivity index (χ0n) is 15.4. The third-order valence-electron chi connectivity index (χ3n) is 4.82. The van der Waals surface area contributed by atoms with Crippen molar-refractivity contribution in [1.82, 2.24) is 24.1 Å². The van der Waals surface area contributed by atoms with Crippen LogP contribution in [-0.2, 0) is 11.8 Å². The first-order chi connectivity index (χ1) is 11.9. The first-order valence-corrected chi connectivity index (χ1v) is 8.61. The average molecular weight is 340 g/mol. The molecule has 7 heteroatoms. The summed E-state index contributed by atoms with van der Waals surface area (Å²) in [6, 6.07) is 6.25. The van der Waals surface area contributed by atoms with E-state index in [9.17, 15) is 0 Å². The molecule has 4 heterocycles. The molecule has 7 nitrogen and oxygen atoms in total. The highest BCUT2D eigenvalue weighted by atomic mass is 16.5. The molecule has 4 rings (SSSR count). The van der Waals surface area contributed by atoms with Gasteiger partial charge in [0.1, 0.15) is 11.3 Å². The largest absolute Gasteiger partial charge is 0.372 e. The van der Waals surface area contributed by atoms with Crippen molar-refractivity contribution >= 4 is 11.6 Å². The molecule has 0 unspecified atom stereocenters. The van der Waals surface area contributed by atoms with E-state index in [1.165, 1.54) is 0 Å². The molecule has 1 fully saturated rings. The second-order valence-electron chi connectivity index (χ2n) is 7.40. The van der Waals surface area contributed by atoms with Gasteiger partial charge >= 0.3 is 0 Å². The van der Waals surface area contributed by atoms with Crippen molar-refractivity contribution in [1.29, 1.82) is 0 Å². The second kappa shape index (κ2) is 5.56. The molecule has 1 aliphatic heterocycles. The summed E-state index contributed by atoms with van der Waals surface area (Å²) in [5.41, 5.74) is 2.65. The van der Waals surface area contributed by atoms with E-state index in [0.29, 0.717) is 6.61 Å². The smallest absolute Gasteiger partial charge is 0.227 e. The van der Waals surface area contributed by atoms with Crippen LogP contribution in [0.4, 0.5) is 5.95 Å². The van der Waals surface area contributed by atoms with Crippen LogP contribution in [0.25, 0.3) is 17.2 Å². The number of aryl methyl sites for hydroxylation is 1. The number of imidazole rings is 1.